The second-order valence-electron chi connectivity index (χ2n) is 10.5. The molecule has 1 fully saturated rings. The lowest BCUT2D eigenvalue weighted by molar-refractivity contribution is -0.120. The molecule has 0 unspecified atom stereocenters. The van der Waals surface area contributed by atoms with E-state index in [1.807, 2.05) is 83.1 Å². The molecule has 0 atom stereocenters. The Balaban J connectivity index is 1.84. The zero-order valence-corrected chi connectivity index (χ0v) is 25.0. The first-order chi connectivity index (χ1) is 19.0. The van der Waals surface area contributed by atoms with Crippen molar-refractivity contribution in [1.82, 2.24) is 0 Å². The van der Waals surface area contributed by atoms with Crippen LogP contribution in [0.1, 0.15) is 48.6 Å². The molecule has 2 amide bonds. The van der Waals surface area contributed by atoms with E-state index in [-0.39, 0.29) is 10.7 Å². The highest BCUT2D eigenvalue weighted by Crippen LogP contribution is 2.34. The molecule has 0 radical (unpaired) electrons. The summed E-state index contributed by atoms with van der Waals surface area (Å²) in [6, 6.07) is 16.9. The molecule has 6 nitrogen and oxygen atoms in total. The number of hydrogen-bond donors (Lipinski definition) is 0. The lowest BCUT2D eigenvalue weighted by atomic mass is 10.0. The Bertz CT molecular complexity index is 1430. The first-order valence-electron chi connectivity index (χ1n) is 13.5. The van der Waals surface area contributed by atoms with Gasteiger partial charge in [0, 0.05) is 0 Å². The summed E-state index contributed by atoms with van der Waals surface area (Å²) in [7, 11) is 0. The van der Waals surface area contributed by atoms with Gasteiger partial charge >= 0.3 is 0 Å². The number of nitrogens with zero attached hydrogens (tertiary/aromatic N) is 2. The van der Waals surface area contributed by atoms with Crippen molar-refractivity contribution in [3.05, 3.63) is 88.0 Å². The summed E-state index contributed by atoms with van der Waals surface area (Å²) in [6.07, 6.45) is 1.60. The Morgan fingerprint density at radius 2 is 1.30 bits per heavy atom. The third-order valence-electron chi connectivity index (χ3n) is 6.90. The highest BCUT2D eigenvalue weighted by atomic mass is 32.1. The van der Waals surface area contributed by atoms with Gasteiger partial charge in [-0.3, -0.25) is 19.4 Å². The van der Waals surface area contributed by atoms with Gasteiger partial charge in [-0.15, -0.1) is 0 Å². The summed E-state index contributed by atoms with van der Waals surface area (Å²) < 4.78 is 11.8. The molecule has 1 heterocycles. The molecular weight excluding hydrogens is 520 g/mol. The van der Waals surface area contributed by atoms with E-state index in [9.17, 15) is 9.59 Å². The van der Waals surface area contributed by atoms with Crippen LogP contribution in [-0.4, -0.2) is 30.1 Å². The highest BCUT2D eigenvalue weighted by molar-refractivity contribution is 7.81. The van der Waals surface area contributed by atoms with E-state index in [1.54, 1.807) is 12.1 Å². The second kappa shape index (κ2) is 12.0. The van der Waals surface area contributed by atoms with E-state index in [4.69, 9.17) is 21.7 Å². The van der Waals surface area contributed by atoms with Crippen LogP contribution in [0.5, 0.6) is 11.5 Å². The lowest BCUT2D eigenvalue weighted by Gasteiger charge is -2.37. The third kappa shape index (κ3) is 5.94. The molecule has 0 saturated carbocycles. The van der Waals surface area contributed by atoms with Crippen molar-refractivity contribution in [3.8, 4) is 11.5 Å². The average Bonchev–Trinajstić information content (AvgIpc) is 2.90. The summed E-state index contributed by atoms with van der Waals surface area (Å²) >= 11 is 5.81. The molecule has 7 heteroatoms. The normalized spacial score (nSPS) is 13.8. The quantitative estimate of drug-likeness (QED) is 0.168. The standard InChI is InChI=1S/C33H36N2O4S/c1-8-38-30-18-25(11-14-29(30)39-19-20(2)3)17-28-31(36)34(26-12-9-21(4)23(6)15-26)33(40)35(32(28)37)27-13-10-22(5)24(7)16-27/h9-18,20H,8,19H2,1-7H3. The first-order valence-corrected chi connectivity index (χ1v) is 13.9. The van der Waals surface area contributed by atoms with Crippen molar-refractivity contribution < 1.29 is 19.1 Å². The number of amides is 2. The van der Waals surface area contributed by atoms with E-state index >= 15 is 0 Å². The Labute approximate surface area is 242 Å². The molecule has 1 saturated heterocycles. The fourth-order valence-corrected chi connectivity index (χ4v) is 4.72. The monoisotopic (exact) mass is 556 g/mol. The largest absolute Gasteiger partial charge is 0.490 e. The number of benzene rings is 3. The number of ether oxygens (including phenoxy) is 2. The molecule has 0 aliphatic carbocycles. The highest BCUT2D eigenvalue weighted by Gasteiger charge is 2.41. The van der Waals surface area contributed by atoms with E-state index in [0.29, 0.717) is 47.6 Å². The topological polar surface area (TPSA) is 59.1 Å². The second-order valence-corrected chi connectivity index (χ2v) is 10.9. The summed E-state index contributed by atoms with van der Waals surface area (Å²) in [5.41, 5.74) is 6.10. The van der Waals surface area contributed by atoms with E-state index in [1.165, 1.54) is 9.80 Å². The van der Waals surface area contributed by atoms with Gasteiger partial charge in [-0.1, -0.05) is 32.0 Å². The molecule has 40 heavy (non-hydrogen) atoms. The van der Waals surface area contributed by atoms with Gasteiger partial charge in [0.2, 0.25) is 0 Å². The van der Waals surface area contributed by atoms with Crippen LogP contribution in [0.2, 0.25) is 0 Å². The molecule has 1 aliphatic heterocycles. The van der Waals surface area contributed by atoms with Crippen molar-refractivity contribution in [1.29, 1.82) is 0 Å². The Morgan fingerprint density at radius 1 is 0.750 bits per heavy atom. The van der Waals surface area contributed by atoms with Crippen LogP contribution in [0.25, 0.3) is 6.08 Å². The fourth-order valence-electron chi connectivity index (χ4n) is 4.34. The van der Waals surface area contributed by atoms with Gasteiger partial charge < -0.3 is 9.47 Å². The van der Waals surface area contributed by atoms with Crippen LogP contribution in [0.3, 0.4) is 0 Å². The predicted molar refractivity (Wildman–Crippen MR) is 165 cm³/mol. The number of carbonyl (C=O) groups excluding carboxylic acids is 2. The summed E-state index contributed by atoms with van der Waals surface area (Å²) in [5.74, 6) is 0.577. The van der Waals surface area contributed by atoms with Gasteiger partial charge in [0.15, 0.2) is 16.6 Å². The van der Waals surface area contributed by atoms with Crippen LogP contribution in [0.15, 0.2) is 60.2 Å². The van der Waals surface area contributed by atoms with Crippen LogP contribution in [0, 0.1) is 33.6 Å². The van der Waals surface area contributed by atoms with Crippen molar-refractivity contribution in [2.24, 2.45) is 5.92 Å². The minimum absolute atomic E-state index is 0.00310. The predicted octanol–water partition coefficient (Wildman–Crippen LogP) is 7.10. The van der Waals surface area contributed by atoms with Crippen LogP contribution in [-0.2, 0) is 9.59 Å². The molecule has 0 aromatic heterocycles. The molecule has 3 aromatic carbocycles. The SMILES string of the molecule is CCOc1cc(C=C2C(=O)N(c3ccc(C)c(C)c3)C(=S)N(c3ccc(C)c(C)c3)C2=O)ccc1OCC(C)C. The zero-order chi connectivity index (χ0) is 29.1. The Kier molecular flexibility index (Phi) is 8.74. The molecule has 208 valence electrons. The van der Waals surface area contributed by atoms with Gasteiger partial charge in [0.05, 0.1) is 24.6 Å². The number of anilines is 2. The third-order valence-corrected chi connectivity index (χ3v) is 7.26. The number of carbonyl (C=O) groups is 2. The maximum absolute atomic E-state index is 14.0. The van der Waals surface area contributed by atoms with E-state index < -0.39 is 11.8 Å². The van der Waals surface area contributed by atoms with Crippen molar-refractivity contribution in [3.63, 3.8) is 0 Å². The molecule has 3 aromatic rings. The van der Waals surface area contributed by atoms with Crippen molar-refractivity contribution in [2.45, 2.75) is 48.5 Å². The van der Waals surface area contributed by atoms with Crippen molar-refractivity contribution in [2.75, 3.05) is 23.0 Å². The molecule has 1 aliphatic rings. The van der Waals surface area contributed by atoms with Gasteiger partial charge in [0.25, 0.3) is 11.8 Å². The van der Waals surface area contributed by atoms with Crippen LogP contribution >= 0.6 is 12.2 Å². The van der Waals surface area contributed by atoms with Gasteiger partial charge in [0.1, 0.15) is 5.57 Å². The van der Waals surface area contributed by atoms with Crippen LogP contribution < -0.4 is 19.3 Å². The van der Waals surface area contributed by atoms with E-state index in [2.05, 4.69) is 13.8 Å². The van der Waals surface area contributed by atoms with Gasteiger partial charge in [-0.25, -0.2) is 0 Å². The molecule has 4 rings (SSSR count). The number of rotatable bonds is 8. The summed E-state index contributed by atoms with van der Waals surface area (Å²) in [6.45, 7) is 15.0. The van der Waals surface area contributed by atoms with Gasteiger partial charge in [-0.05, 0) is 123 Å². The Hall–Kier alpha value is -3.97. The van der Waals surface area contributed by atoms with Crippen molar-refractivity contribution >= 4 is 46.6 Å². The molecular formula is C33H36N2O4S. The zero-order valence-electron chi connectivity index (χ0n) is 24.2. The summed E-state index contributed by atoms with van der Waals surface area (Å²) in [5, 5.41) is 0.117. The maximum Gasteiger partial charge on any atom is 0.270 e. The molecule has 0 bridgehead atoms. The van der Waals surface area contributed by atoms with E-state index in [0.717, 1.165) is 22.3 Å². The minimum Gasteiger partial charge on any atom is -0.490 e. The maximum atomic E-state index is 14.0. The fraction of sp³-hybridized carbons (Fsp3) is 0.303. The summed E-state index contributed by atoms with van der Waals surface area (Å²) in [4.78, 5) is 30.8. The first kappa shape index (κ1) is 29.0. The molecule has 0 spiro atoms. The Morgan fingerprint density at radius 3 is 1.77 bits per heavy atom. The lowest BCUT2D eigenvalue weighted by Crippen LogP contribution is -2.57. The number of thiocarbonyl (C=S) groups is 1. The number of hydrogen-bond acceptors (Lipinski definition) is 5. The molecule has 0 N–H and O–H groups in total. The average molecular weight is 557 g/mol. The smallest absolute Gasteiger partial charge is 0.270 e. The van der Waals surface area contributed by atoms with Crippen LogP contribution in [0.4, 0.5) is 11.4 Å². The number of aryl methyl sites for hydroxylation is 4. The minimum atomic E-state index is -0.476. The van der Waals surface area contributed by atoms with Gasteiger partial charge in [-0.2, -0.15) is 0 Å².